The first-order valence-electron chi connectivity index (χ1n) is 6.68. The summed E-state index contributed by atoms with van der Waals surface area (Å²) < 4.78 is 0. The number of halogens is 1. The van der Waals surface area contributed by atoms with Crippen LogP contribution in [0.5, 0.6) is 0 Å². The average molecular weight is 282 g/mol. The van der Waals surface area contributed by atoms with Gasteiger partial charge in [0.15, 0.2) is 0 Å². The van der Waals surface area contributed by atoms with Crippen molar-refractivity contribution in [1.29, 1.82) is 0 Å². The van der Waals surface area contributed by atoms with Crippen LogP contribution in [0, 0.1) is 0 Å². The molecule has 1 fully saturated rings. The molecular weight excluding hydrogens is 262 g/mol. The molecule has 3 N–H and O–H groups in total. The first-order chi connectivity index (χ1) is 9.08. The number of carbonyl (C=O) groups excluding carboxylic acids is 1. The van der Waals surface area contributed by atoms with Gasteiger partial charge in [0.2, 0.25) is 5.91 Å². The number of carbonyl (C=O) groups is 1. The summed E-state index contributed by atoms with van der Waals surface area (Å²) in [6.45, 7) is 3.92. The zero-order valence-corrected chi connectivity index (χ0v) is 11.9. The van der Waals surface area contributed by atoms with Crippen LogP contribution in [-0.4, -0.2) is 29.9 Å². The van der Waals surface area contributed by atoms with E-state index in [1.165, 1.54) is 19.3 Å². The Morgan fingerprint density at radius 3 is 2.68 bits per heavy atom. The molecule has 0 aromatic heterocycles. The predicted octanol–water partition coefficient (Wildman–Crippen LogP) is 2.74. The lowest BCUT2D eigenvalue weighted by Crippen LogP contribution is -2.44. The highest BCUT2D eigenvalue weighted by Crippen LogP contribution is 2.24. The van der Waals surface area contributed by atoms with Crippen molar-refractivity contribution < 1.29 is 4.79 Å². The minimum atomic E-state index is -0.131. The molecule has 0 spiro atoms. The molecule has 1 amide bonds. The van der Waals surface area contributed by atoms with Gasteiger partial charge >= 0.3 is 0 Å². The van der Waals surface area contributed by atoms with Gasteiger partial charge in [-0.15, -0.1) is 0 Å². The quantitative estimate of drug-likeness (QED) is 0.838. The van der Waals surface area contributed by atoms with Crippen molar-refractivity contribution in [2.24, 2.45) is 0 Å². The number of nitrogens with one attached hydrogen (secondary N) is 1. The smallest absolute Gasteiger partial charge is 0.241 e. The standard InChI is InChI=1S/C14H20ClN3O/c1-10(18-7-3-2-4-8-18)14(19)17-13-6-5-11(16)9-12(13)15/h5-6,9-10H,2-4,7-8,16H2,1H3,(H,17,19). The number of anilines is 2. The molecule has 1 aromatic rings. The third-order valence-electron chi connectivity index (χ3n) is 3.57. The summed E-state index contributed by atoms with van der Waals surface area (Å²) in [6.07, 6.45) is 3.59. The molecule has 0 aliphatic carbocycles. The van der Waals surface area contributed by atoms with Gasteiger partial charge < -0.3 is 11.1 Å². The summed E-state index contributed by atoms with van der Waals surface area (Å²) in [6, 6.07) is 4.97. The van der Waals surface area contributed by atoms with E-state index in [1.54, 1.807) is 18.2 Å². The van der Waals surface area contributed by atoms with E-state index in [0.717, 1.165) is 13.1 Å². The molecule has 1 aromatic carbocycles. The molecule has 5 heteroatoms. The van der Waals surface area contributed by atoms with Crippen LogP contribution in [0.4, 0.5) is 11.4 Å². The number of piperidine rings is 1. The Bertz CT molecular complexity index is 458. The highest BCUT2D eigenvalue weighted by molar-refractivity contribution is 6.34. The van der Waals surface area contributed by atoms with Crippen molar-refractivity contribution >= 4 is 28.9 Å². The second-order valence-electron chi connectivity index (χ2n) is 5.00. The normalized spacial score (nSPS) is 18.0. The van der Waals surface area contributed by atoms with Crippen molar-refractivity contribution in [2.75, 3.05) is 24.1 Å². The molecule has 1 aliphatic rings. The molecule has 0 saturated carbocycles. The largest absolute Gasteiger partial charge is 0.399 e. The maximum absolute atomic E-state index is 12.2. The molecule has 1 aliphatic heterocycles. The lowest BCUT2D eigenvalue weighted by molar-refractivity contribution is -0.121. The first-order valence-corrected chi connectivity index (χ1v) is 7.05. The monoisotopic (exact) mass is 281 g/mol. The number of likely N-dealkylation sites (tertiary alicyclic amines) is 1. The molecule has 1 unspecified atom stereocenters. The van der Waals surface area contributed by atoms with Gasteiger partial charge in [-0.1, -0.05) is 18.0 Å². The molecule has 1 saturated heterocycles. The van der Waals surface area contributed by atoms with Gasteiger partial charge in [-0.25, -0.2) is 0 Å². The maximum Gasteiger partial charge on any atom is 0.241 e. The van der Waals surface area contributed by atoms with E-state index in [0.29, 0.717) is 16.4 Å². The van der Waals surface area contributed by atoms with Crippen LogP contribution in [0.15, 0.2) is 18.2 Å². The lowest BCUT2D eigenvalue weighted by Gasteiger charge is -2.31. The van der Waals surface area contributed by atoms with E-state index in [9.17, 15) is 4.79 Å². The minimum Gasteiger partial charge on any atom is -0.399 e. The Labute approximate surface area is 118 Å². The van der Waals surface area contributed by atoms with Gasteiger partial charge in [-0.05, 0) is 51.1 Å². The second-order valence-corrected chi connectivity index (χ2v) is 5.41. The molecule has 0 bridgehead atoms. The number of nitrogen functional groups attached to an aromatic ring is 1. The third kappa shape index (κ3) is 3.61. The molecule has 2 rings (SSSR count). The van der Waals surface area contributed by atoms with Crippen LogP contribution < -0.4 is 11.1 Å². The number of hydrogen-bond donors (Lipinski definition) is 2. The van der Waals surface area contributed by atoms with Gasteiger partial charge in [-0.3, -0.25) is 9.69 Å². The number of nitrogens with two attached hydrogens (primary N) is 1. The van der Waals surface area contributed by atoms with Crippen LogP contribution >= 0.6 is 11.6 Å². The van der Waals surface area contributed by atoms with E-state index in [4.69, 9.17) is 17.3 Å². The molecule has 19 heavy (non-hydrogen) atoms. The molecule has 104 valence electrons. The Morgan fingerprint density at radius 1 is 1.37 bits per heavy atom. The van der Waals surface area contributed by atoms with E-state index in [1.807, 2.05) is 6.92 Å². The van der Waals surface area contributed by atoms with Crippen molar-refractivity contribution in [3.8, 4) is 0 Å². The molecule has 0 radical (unpaired) electrons. The second kappa shape index (κ2) is 6.26. The summed E-state index contributed by atoms with van der Waals surface area (Å²) in [5.74, 6) is -0.0198. The third-order valence-corrected chi connectivity index (χ3v) is 3.88. The summed E-state index contributed by atoms with van der Waals surface area (Å²) in [4.78, 5) is 14.4. The Hall–Kier alpha value is -1.26. The predicted molar refractivity (Wildman–Crippen MR) is 79.4 cm³/mol. The zero-order valence-electron chi connectivity index (χ0n) is 11.2. The summed E-state index contributed by atoms with van der Waals surface area (Å²) in [7, 11) is 0. The fourth-order valence-corrected chi connectivity index (χ4v) is 2.58. The van der Waals surface area contributed by atoms with Crippen molar-refractivity contribution in [3.63, 3.8) is 0 Å². The van der Waals surface area contributed by atoms with Crippen LogP contribution in [-0.2, 0) is 4.79 Å². The van der Waals surface area contributed by atoms with Gasteiger partial charge in [0.1, 0.15) is 0 Å². The van der Waals surface area contributed by atoms with E-state index < -0.39 is 0 Å². The minimum absolute atomic E-state index is 0.0198. The molecule has 4 nitrogen and oxygen atoms in total. The topological polar surface area (TPSA) is 58.4 Å². The average Bonchev–Trinajstić information content (AvgIpc) is 2.42. The fourth-order valence-electron chi connectivity index (χ4n) is 2.34. The Morgan fingerprint density at radius 2 is 2.05 bits per heavy atom. The summed E-state index contributed by atoms with van der Waals surface area (Å²) in [5, 5.41) is 3.34. The van der Waals surface area contributed by atoms with Crippen LogP contribution in [0.2, 0.25) is 5.02 Å². The number of nitrogens with zero attached hydrogens (tertiary/aromatic N) is 1. The Kier molecular flexibility index (Phi) is 4.66. The number of hydrogen-bond acceptors (Lipinski definition) is 3. The first kappa shape index (κ1) is 14.2. The van der Waals surface area contributed by atoms with Crippen LogP contribution in [0.3, 0.4) is 0 Å². The zero-order chi connectivity index (χ0) is 13.8. The maximum atomic E-state index is 12.2. The van der Waals surface area contributed by atoms with Crippen molar-refractivity contribution in [3.05, 3.63) is 23.2 Å². The number of amides is 1. The van der Waals surface area contributed by atoms with Gasteiger partial charge in [0.05, 0.1) is 16.8 Å². The Balaban J connectivity index is 1.99. The van der Waals surface area contributed by atoms with E-state index >= 15 is 0 Å². The molecule has 1 atom stereocenters. The highest BCUT2D eigenvalue weighted by atomic mass is 35.5. The van der Waals surface area contributed by atoms with Gasteiger partial charge in [-0.2, -0.15) is 0 Å². The lowest BCUT2D eigenvalue weighted by atomic mass is 10.1. The highest BCUT2D eigenvalue weighted by Gasteiger charge is 2.23. The molecule has 1 heterocycles. The fraction of sp³-hybridized carbons (Fsp3) is 0.500. The SMILES string of the molecule is CC(C(=O)Nc1ccc(N)cc1Cl)N1CCCCC1. The van der Waals surface area contributed by atoms with Gasteiger partial charge in [0, 0.05) is 5.69 Å². The van der Waals surface area contributed by atoms with E-state index in [-0.39, 0.29) is 11.9 Å². The van der Waals surface area contributed by atoms with Crippen LogP contribution in [0.1, 0.15) is 26.2 Å². The summed E-state index contributed by atoms with van der Waals surface area (Å²) >= 11 is 6.06. The summed E-state index contributed by atoms with van der Waals surface area (Å²) in [5.41, 5.74) is 6.84. The number of rotatable bonds is 3. The van der Waals surface area contributed by atoms with Crippen LogP contribution in [0.25, 0.3) is 0 Å². The van der Waals surface area contributed by atoms with Crippen molar-refractivity contribution in [1.82, 2.24) is 4.90 Å². The van der Waals surface area contributed by atoms with Gasteiger partial charge in [0.25, 0.3) is 0 Å². The van der Waals surface area contributed by atoms with Crippen molar-refractivity contribution in [2.45, 2.75) is 32.2 Å². The van der Waals surface area contributed by atoms with E-state index in [2.05, 4.69) is 10.2 Å². The number of benzene rings is 1. The molecular formula is C14H20ClN3O.